The monoisotopic (exact) mass is 1010 g/mol. The second-order valence-electron chi connectivity index (χ2n) is 22.9. The van der Waals surface area contributed by atoms with Crippen LogP contribution in [0.3, 0.4) is 0 Å². The Morgan fingerprint density at radius 2 is 0.451 bits per heavy atom. The van der Waals surface area contributed by atoms with Crippen molar-refractivity contribution in [2.45, 2.75) is 233 Å². The molecule has 0 radical (unpaired) electrons. The Labute approximate surface area is 441 Å². The minimum Gasteiger partial charge on any atom is -0.822 e. The minimum atomic E-state index is -5.39. The van der Waals surface area contributed by atoms with Crippen LogP contribution < -0.4 is 14.7 Å². The molecule has 0 aliphatic carbocycles. The van der Waals surface area contributed by atoms with Gasteiger partial charge in [-0.1, -0.05) is 266 Å². The van der Waals surface area contributed by atoms with Gasteiger partial charge in [0.15, 0.2) is 0 Å². The average Bonchev–Trinajstić information content (AvgIpc) is 3.31. The largest absolute Gasteiger partial charge is 0.822 e. The summed E-state index contributed by atoms with van der Waals surface area (Å²) in [4.78, 5) is 25.6. The van der Waals surface area contributed by atoms with Gasteiger partial charge in [0.05, 0.1) is 61.9 Å². The third kappa shape index (κ3) is 50.9. The molecular formula is C63H114N3O4P. The number of rotatable bonds is 39. The first-order valence-electron chi connectivity index (χ1n) is 29.2. The van der Waals surface area contributed by atoms with Gasteiger partial charge in [-0.15, -0.1) is 0 Å². The summed E-state index contributed by atoms with van der Waals surface area (Å²) < 4.78 is 11.9. The van der Waals surface area contributed by atoms with Gasteiger partial charge in [0.25, 0.3) is 0 Å². The van der Waals surface area contributed by atoms with Crippen LogP contribution in [0.15, 0.2) is 91.0 Å². The van der Waals surface area contributed by atoms with Crippen LogP contribution in [0.2, 0.25) is 0 Å². The molecule has 0 amide bonds. The highest BCUT2D eigenvalue weighted by molar-refractivity contribution is 7.40. The molecule has 71 heavy (non-hydrogen) atoms. The van der Waals surface area contributed by atoms with Crippen molar-refractivity contribution in [1.29, 1.82) is 0 Å². The first-order valence-corrected chi connectivity index (χ1v) is 30.7. The lowest BCUT2D eigenvalue weighted by atomic mass is 10.1. The van der Waals surface area contributed by atoms with Crippen molar-refractivity contribution in [1.82, 2.24) is 0 Å². The Morgan fingerprint density at radius 3 is 0.620 bits per heavy atom. The van der Waals surface area contributed by atoms with Crippen LogP contribution in [0, 0.1) is 0 Å². The van der Waals surface area contributed by atoms with Crippen LogP contribution >= 0.6 is 7.82 Å². The Kier molecular flexibility index (Phi) is 43.6. The highest BCUT2D eigenvalue weighted by Crippen LogP contribution is 2.17. The maximum atomic E-state index is 8.55. The number of quaternary nitrogens is 3. The molecule has 0 saturated carbocycles. The number of phosphoric acid groups is 1. The minimum absolute atomic E-state index is 1.11. The van der Waals surface area contributed by atoms with Gasteiger partial charge >= 0.3 is 0 Å². The van der Waals surface area contributed by atoms with Crippen molar-refractivity contribution in [2.24, 2.45) is 0 Å². The smallest absolute Gasteiger partial charge is 0.104 e. The van der Waals surface area contributed by atoms with E-state index in [2.05, 4.69) is 154 Å². The lowest BCUT2D eigenvalue weighted by Gasteiger charge is -2.36. The van der Waals surface area contributed by atoms with E-state index in [9.17, 15) is 0 Å². The van der Waals surface area contributed by atoms with E-state index in [1.807, 2.05) is 0 Å². The fraction of sp³-hybridized carbons (Fsp3) is 0.714. The van der Waals surface area contributed by atoms with Crippen LogP contribution in [0.25, 0.3) is 0 Å². The molecule has 8 heteroatoms. The molecule has 0 heterocycles. The zero-order valence-electron chi connectivity index (χ0n) is 48.0. The molecule has 3 aromatic carbocycles. The third-order valence-corrected chi connectivity index (χ3v) is 13.7. The summed E-state index contributed by atoms with van der Waals surface area (Å²) in [5, 5.41) is 0. The molecule has 0 saturated heterocycles. The zero-order valence-corrected chi connectivity index (χ0v) is 48.9. The summed E-state index contributed by atoms with van der Waals surface area (Å²) in [7, 11) is 8.78. The van der Waals surface area contributed by atoms with Crippen LogP contribution in [0.5, 0.6) is 0 Å². The molecular weight excluding hydrogens is 894 g/mol. The standard InChI is InChI=1S/3C21H38N.H3O4P/c3*1-4-5-6-7-8-9-10-11-12-16-19-22(2,3)20-21-17-14-13-15-18-21;1-5(2,3)4/h3*13-15,17-18H,4-12,16,19-20H2,1-3H3;(H3,1,2,3,4)/q3*+1;/p-3. The van der Waals surface area contributed by atoms with Crippen molar-refractivity contribution < 1.29 is 32.7 Å². The number of hydrogen-bond acceptors (Lipinski definition) is 4. The molecule has 0 spiro atoms. The first kappa shape index (κ1) is 68.7. The van der Waals surface area contributed by atoms with Crippen LogP contribution in [0.4, 0.5) is 0 Å². The summed E-state index contributed by atoms with van der Waals surface area (Å²) in [6.45, 7) is 14.2. The highest BCUT2D eigenvalue weighted by atomic mass is 31.2. The lowest BCUT2D eigenvalue weighted by molar-refractivity contribution is -0.903. The molecule has 3 rings (SSSR count). The topological polar surface area (TPSA) is 86.2 Å². The maximum Gasteiger partial charge on any atom is 0.104 e. The summed E-state index contributed by atoms with van der Waals surface area (Å²) in [6.07, 6.45) is 42.7. The molecule has 0 atom stereocenters. The van der Waals surface area contributed by atoms with E-state index in [0.717, 1.165) is 33.1 Å². The van der Waals surface area contributed by atoms with Gasteiger partial charge in [-0.3, -0.25) is 0 Å². The molecule has 0 N–H and O–H groups in total. The van der Waals surface area contributed by atoms with E-state index in [4.69, 9.17) is 19.2 Å². The number of benzene rings is 3. The number of nitrogens with zero attached hydrogens (tertiary/aromatic N) is 3. The van der Waals surface area contributed by atoms with E-state index in [0.29, 0.717) is 0 Å². The fourth-order valence-corrected chi connectivity index (χ4v) is 9.55. The normalized spacial score (nSPS) is 11.8. The van der Waals surface area contributed by atoms with Crippen molar-refractivity contribution in [3.05, 3.63) is 108 Å². The number of hydrogen-bond donors (Lipinski definition) is 0. The zero-order chi connectivity index (χ0) is 52.8. The Bertz CT molecular complexity index is 1420. The van der Waals surface area contributed by atoms with E-state index < -0.39 is 7.82 Å². The van der Waals surface area contributed by atoms with Gasteiger partial charge in [0, 0.05) is 16.7 Å². The molecule has 0 aromatic heterocycles. The van der Waals surface area contributed by atoms with Crippen molar-refractivity contribution in [2.75, 3.05) is 61.9 Å². The Balaban J connectivity index is 0.000000985. The lowest BCUT2D eigenvalue weighted by Crippen LogP contribution is -2.39. The molecule has 410 valence electrons. The van der Waals surface area contributed by atoms with Gasteiger partial charge in [-0.2, -0.15) is 7.82 Å². The van der Waals surface area contributed by atoms with E-state index in [-0.39, 0.29) is 0 Å². The van der Waals surface area contributed by atoms with Gasteiger partial charge < -0.3 is 32.7 Å². The quantitative estimate of drug-likeness (QED) is 0.0324. The van der Waals surface area contributed by atoms with E-state index in [1.54, 1.807) is 0 Å². The molecule has 7 nitrogen and oxygen atoms in total. The van der Waals surface area contributed by atoms with E-state index in [1.165, 1.54) is 229 Å². The second kappa shape index (κ2) is 45.1. The molecule has 0 unspecified atom stereocenters. The molecule has 0 bridgehead atoms. The summed E-state index contributed by atoms with van der Waals surface area (Å²) >= 11 is 0. The summed E-state index contributed by atoms with van der Waals surface area (Å²) in [5.74, 6) is 0. The Morgan fingerprint density at radius 1 is 0.296 bits per heavy atom. The molecule has 0 aliphatic rings. The van der Waals surface area contributed by atoms with Gasteiger partial charge in [-0.25, -0.2) is 0 Å². The van der Waals surface area contributed by atoms with Crippen LogP contribution in [0.1, 0.15) is 230 Å². The Hall–Kier alpha value is -2.35. The number of unbranched alkanes of at least 4 members (excludes halogenated alkanes) is 27. The summed E-state index contributed by atoms with van der Waals surface area (Å²) in [5.41, 5.74) is 4.37. The van der Waals surface area contributed by atoms with Crippen LogP contribution in [-0.4, -0.2) is 75.4 Å². The SMILES string of the molecule is CCCCCCCCCCCC[N+](C)(C)Cc1ccccc1.CCCCCCCCCCCC[N+](C)(C)Cc1ccccc1.CCCCCCCCCCCC[N+](C)(C)Cc1ccccc1.O=P([O-])([O-])[O-]. The van der Waals surface area contributed by atoms with Crippen molar-refractivity contribution >= 4 is 7.82 Å². The molecule has 0 aliphatic heterocycles. The molecule has 0 fully saturated rings. The third-order valence-electron chi connectivity index (χ3n) is 13.7. The predicted molar refractivity (Wildman–Crippen MR) is 305 cm³/mol. The maximum absolute atomic E-state index is 8.55. The van der Waals surface area contributed by atoms with E-state index >= 15 is 0 Å². The average molecular weight is 1010 g/mol. The van der Waals surface area contributed by atoms with Crippen LogP contribution in [-0.2, 0) is 24.2 Å². The van der Waals surface area contributed by atoms with Crippen molar-refractivity contribution in [3.8, 4) is 0 Å². The highest BCUT2D eigenvalue weighted by Gasteiger charge is 2.17. The van der Waals surface area contributed by atoms with Gasteiger partial charge in [-0.05, 0) is 38.5 Å². The van der Waals surface area contributed by atoms with Gasteiger partial charge in [0.1, 0.15) is 19.6 Å². The van der Waals surface area contributed by atoms with Crippen molar-refractivity contribution in [3.63, 3.8) is 0 Å². The predicted octanol–water partition coefficient (Wildman–Crippen LogP) is 15.7. The second-order valence-corrected chi connectivity index (χ2v) is 23.8. The van der Waals surface area contributed by atoms with Gasteiger partial charge in [0.2, 0.25) is 0 Å². The summed E-state index contributed by atoms with van der Waals surface area (Å²) in [6, 6.07) is 32.7. The first-order chi connectivity index (χ1) is 33.9. The molecule has 3 aromatic rings. The fourth-order valence-electron chi connectivity index (χ4n) is 9.55.